The Kier molecular flexibility index (Phi) is 63.4. The summed E-state index contributed by atoms with van der Waals surface area (Å²) in [4.78, 5) is 24.6. The van der Waals surface area contributed by atoms with Crippen LogP contribution in [0.1, 0.15) is 380 Å². The summed E-state index contributed by atoms with van der Waals surface area (Å²) >= 11 is 0. The lowest BCUT2D eigenvalue weighted by Gasteiger charge is -2.20. The van der Waals surface area contributed by atoms with Gasteiger partial charge in [-0.2, -0.15) is 0 Å². The molecule has 0 aromatic rings. The molecule has 1 amide bonds. The molecule has 0 rings (SSSR count). The van der Waals surface area contributed by atoms with E-state index in [-0.39, 0.29) is 18.5 Å². The second-order valence-corrected chi connectivity index (χ2v) is 23.5. The standard InChI is InChI=1S/C69H133NO5/c1-3-5-7-9-11-13-15-17-19-20-21-28-31-34-37-41-45-49-53-57-61-67(72)66(65-71)70-68(73)62-58-54-50-46-42-38-35-32-29-26-24-22-23-25-27-30-33-36-40-44-48-52-56-60-64-75-69(74)63-59-55-51-47-43-39-18-16-14-12-10-8-6-4-2/h16,18,57,61,66-67,71-72H,3-15,17,19-56,58-60,62-65H2,1-2H3,(H,70,73)/b18-16-,61-57+. The molecule has 0 spiro atoms. The summed E-state index contributed by atoms with van der Waals surface area (Å²) in [5.41, 5.74) is 0. The molecule has 0 heterocycles. The third-order valence-electron chi connectivity index (χ3n) is 16.0. The first-order valence-corrected chi connectivity index (χ1v) is 34.1. The van der Waals surface area contributed by atoms with Gasteiger partial charge in [-0.25, -0.2) is 0 Å². The molecule has 0 fully saturated rings. The van der Waals surface area contributed by atoms with Crippen molar-refractivity contribution in [3.8, 4) is 0 Å². The third kappa shape index (κ3) is 61.4. The fourth-order valence-electron chi connectivity index (χ4n) is 10.7. The number of rotatable bonds is 64. The highest BCUT2D eigenvalue weighted by Crippen LogP contribution is 2.18. The van der Waals surface area contributed by atoms with Crippen LogP contribution >= 0.6 is 0 Å². The zero-order chi connectivity index (χ0) is 54.3. The van der Waals surface area contributed by atoms with Gasteiger partial charge in [0.25, 0.3) is 0 Å². The molecule has 0 aliphatic carbocycles. The summed E-state index contributed by atoms with van der Waals surface area (Å²) in [5.74, 6) is -0.0561. The maximum absolute atomic E-state index is 12.5. The summed E-state index contributed by atoms with van der Waals surface area (Å²) in [6.07, 6.45) is 81.0. The molecule has 6 heteroatoms. The summed E-state index contributed by atoms with van der Waals surface area (Å²) in [5, 5.41) is 23.2. The van der Waals surface area contributed by atoms with Gasteiger partial charge in [-0.05, 0) is 57.8 Å². The van der Waals surface area contributed by atoms with Crippen molar-refractivity contribution < 1.29 is 24.5 Å². The van der Waals surface area contributed by atoms with Crippen LogP contribution in [0.4, 0.5) is 0 Å². The van der Waals surface area contributed by atoms with E-state index in [2.05, 4.69) is 31.3 Å². The van der Waals surface area contributed by atoms with Gasteiger partial charge in [-0.3, -0.25) is 9.59 Å². The molecule has 6 nitrogen and oxygen atoms in total. The van der Waals surface area contributed by atoms with Crippen molar-refractivity contribution in [1.29, 1.82) is 0 Å². The second-order valence-electron chi connectivity index (χ2n) is 23.5. The molecule has 0 aliphatic rings. The van der Waals surface area contributed by atoms with E-state index in [0.29, 0.717) is 19.4 Å². The molecule has 0 radical (unpaired) electrons. The topological polar surface area (TPSA) is 95.9 Å². The zero-order valence-corrected chi connectivity index (χ0v) is 50.8. The van der Waals surface area contributed by atoms with Crippen molar-refractivity contribution >= 4 is 11.9 Å². The lowest BCUT2D eigenvalue weighted by Crippen LogP contribution is -2.45. The lowest BCUT2D eigenvalue weighted by molar-refractivity contribution is -0.143. The molecule has 0 aromatic carbocycles. The lowest BCUT2D eigenvalue weighted by atomic mass is 10.0. The number of amides is 1. The first kappa shape index (κ1) is 73.3. The Hall–Kier alpha value is -1.66. The highest BCUT2D eigenvalue weighted by atomic mass is 16.5. The summed E-state index contributed by atoms with van der Waals surface area (Å²) in [6.45, 7) is 4.93. The largest absolute Gasteiger partial charge is 0.466 e. The summed E-state index contributed by atoms with van der Waals surface area (Å²) in [7, 11) is 0. The van der Waals surface area contributed by atoms with Gasteiger partial charge < -0.3 is 20.3 Å². The highest BCUT2D eigenvalue weighted by Gasteiger charge is 2.18. The van der Waals surface area contributed by atoms with Gasteiger partial charge >= 0.3 is 5.97 Å². The minimum atomic E-state index is -0.844. The van der Waals surface area contributed by atoms with Crippen LogP contribution in [0.3, 0.4) is 0 Å². The van der Waals surface area contributed by atoms with Crippen LogP contribution in [0.2, 0.25) is 0 Å². The number of esters is 1. The zero-order valence-electron chi connectivity index (χ0n) is 50.8. The highest BCUT2D eigenvalue weighted by molar-refractivity contribution is 5.76. The summed E-state index contributed by atoms with van der Waals surface area (Å²) < 4.78 is 5.48. The number of aliphatic hydroxyl groups excluding tert-OH is 2. The Balaban J connectivity index is 3.39. The van der Waals surface area contributed by atoms with Crippen molar-refractivity contribution in [2.45, 2.75) is 392 Å². The van der Waals surface area contributed by atoms with Gasteiger partial charge in [-0.1, -0.05) is 334 Å². The Morgan fingerprint density at radius 1 is 0.360 bits per heavy atom. The van der Waals surface area contributed by atoms with E-state index in [1.54, 1.807) is 6.08 Å². The minimum absolute atomic E-state index is 0.00707. The van der Waals surface area contributed by atoms with E-state index in [4.69, 9.17) is 4.74 Å². The number of hydrogen-bond donors (Lipinski definition) is 3. The fourth-order valence-corrected chi connectivity index (χ4v) is 10.7. The number of carbonyl (C=O) groups excluding carboxylic acids is 2. The number of unbranched alkanes of at least 4 members (excludes halogenated alkanes) is 51. The van der Waals surface area contributed by atoms with Crippen LogP contribution in [0, 0.1) is 0 Å². The van der Waals surface area contributed by atoms with Gasteiger partial charge in [0.05, 0.1) is 25.4 Å². The molecule has 75 heavy (non-hydrogen) atoms. The van der Waals surface area contributed by atoms with E-state index in [1.165, 1.54) is 308 Å². The minimum Gasteiger partial charge on any atom is -0.466 e. The SMILES string of the molecule is CCCCCCC/C=C\CCCCCCCC(=O)OCCCCCCCCCCCCCCCCCCCCCCCCCCC(=O)NC(CO)C(O)/C=C/CCCCCCCCCCCCCCCCCCCC. The van der Waals surface area contributed by atoms with E-state index in [1.807, 2.05) is 6.08 Å². The predicted octanol–water partition coefficient (Wildman–Crippen LogP) is 21.8. The number of ether oxygens (including phenoxy) is 1. The molecule has 2 atom stereocenters. The molecule has 0 bridgehead atoms. The molecular weight excluding hydrogens is 923 g/mol. The van der Waals surface area contributed by atoms with E-state index in [0.717, 1.165) is 44.9 Å². The quantitative estimate of drug-likeness (QED) is 0.0320. The molecule has 444 valence electrons. The fraction of sp³-hybridized carbons (Fsp3) is 0.913. The van der Waals surface area contributed by atoms with Crippen molar-refractivity contribution in [2.24, 2.45) is 0 Å². The van der Waals surface area contributed by atoms with Gasteiger partial charge in [0.2, 0.25) is 5.91 Å². The van der Waals surface area contributed by atoms with Crippen LogP contribution in [-0.4, -0.2) is 47.4 Å². The Morgan fingerprint density at radius 2 is 0.627 bits per heavy atom. The van der Waals surface area contributed by atoms with E-state index < -0.39 is 12.1 Å². The number of allylic oxidation sites excluding steroid dienone is 3. The number of nitrogens with one attached hydrogen (secondary N) is 1. The number of aliphatic hydroxyl groups is 2. The van der Waals surface area contributed by atoms with Crippen LogP contribution in [-0.2, 0) is 14.3 Å². The Bertz CT molecular complexity index is 1170. The average Bonchev–Trinajstić information content (AvgIpc) is 3.41. The Labute approximate surface area is 469 Å². The maximum Gasteiger partial charge on any atom is 0.305 e. The number of hydrogen-bond acceptors (Lipinski definition) is 5. The van der Waals surface area contributed by atoms with Crippen LogP contribution in [0.5, 0.6) is 0 Å². The maximum atomic E-state index is 12.5. The van der Waals surface area contributed by atoms with Gasteiger partial charge in [0, 0.05) is 12.8 Å². The van der Waals surface area contributed by atoms with Crippen LogP contribution in [0.25, 0.3) is 0 Å². The molecule has 0 aromatic heterocycles. The first-order chi connectivity index (χ1) is 37.0. The molecule has 3 N–H and O–H groups in total. The predicted molar refractivity (Wildman–Crippen MR) is 329 cm³/mol. The average molecular weight is 1060 g/mol. The van der Waals surface area contributed by atoms with Crippen molar-refractivity contribution in [3.63, 3.8) is 0 Å². The smallest absolute Gasteiger partial charge is 0.305 e. The Morgan fingerprint density at radius 3 is 0.947 bits per heavy atom. The third-order valence-corrected chi connectivity index (χ3v) is 16.0. The van der Waals surface area contributed by atoms with Gasteiger partial charge in [0.1, 0.15) is 0 Å². The van der Waals surface area contributed by atoms with Gasteiger partial charge in [-0.15, -0.1) is 0 Å². The first-order valence-electron chi connectivity index (χ1n) is 34.1. The molecule has 2 unspecified atom stereocenters. The normalized spacial score (nSPS) is 12.6. The van der Waals surface area contributed by atoms with Gasteiger partial charge in [0.15, 0.2) is 0 Å². The van der Waals surface area contributed by atoms with Crippen LogP contribution < -0.4 is 5.32 Å². The monoisotopic (exact) mass is 1060 g/mol. The van der Waals surface area contributed by atoms with E-state index >= 15 is 0 Å². The van der Waals surface area contributed by atoms with Crippen molar-refractivity contribution in [2.75, 3.05) is 13.2 Å². The van der Waals surface area contributed by atoms with Crippen molar-refractivity contribution in [3.05, 3.63) is 24.3 Å². The molecule has 0 aliphatic heterocycles. The molecule has 0 saturated carbocycles. The molecule has 0 saturated heterocycles. The number of carbonyl (C=O) groups is 2. The van der Waals surface area contributed by atoms with Crippen molar-refractivity contribution in [1.82, 2.24) is 5.32 Å². The summed E-state index contributed by atoms with van der Waals surface area (Å²) in [6, 6.07) is -0.628. The second kappa shape index (κ2) is 64.9. The van der Waals surface area contributed by atoms with E-state index in [9.17, 15) is 19.8 Å². The molecular formula is C69H133NO5. The van der Waals surface area contributed by atoms with Crippen LogP contribution in [0.15, 0.2) is 24.3 Å².